The molecule has 1 aromatic heterocycles. The third-order valence-electron chi connectivity index (χ3n) is 1.63. The number of hydrogen-bond acceptors (Lipinski definition) is 2. The summed E-state index contributed by atoms with van der Waals surface area (Å²) < 4.78 is 41.2. The number of nitrogens with one attached hydrogen (secondary N) is 1. The Balaban J connectivity index is 2.36. The van der Waals surface area contributed by atoms with E-state index in [4.69, 9.17) is 4.74 Å². The molecule has 0 spiro atoms. The van der Waals surface area contributed by atoms with E-state index in [1.54, 1.807) is 0 Å². The van der Waals surface area contributed by atoms with Crippen LogP contribution in [0.25, 0.3) is 0 Å². The molecular formula is C6H5F3N2O. The van der Waals surface area contributed by atoms with Crippen LogP contribution in [-0.4, -0.2) is 16.8 Å². The summed E-state index contributed by atoms with van der Waals surface area (Å²) in [6.45, 7) is 0.350. The number of H-pyrrole nitrogens is 1. The minimum absolute atomic E-state index is 0.0995. The van der Waals surface area contributed by atoms with Crippen LogP contribution in [0, 0.1) is 0 Å². The lowest BCUT2D eigenvalue weighted by atomic mass is 10.2. The molecule has 1 aromatic rings. The Kier molecular flexibility index (Phi) is 1.41. The molecule has 1 fully saturated rings. The number of aromatic nitrogens is 2. The second-order valence-electron chi connectivity index (χ2n) is 2.52. The molecule has 3 nitrogen and oxygen atoms in total. The first-order valence-electron chi connectivity index (χ1n) is 3.31. The van der Waals surface area contributed by atoms with Gasteiger partial charge in [-0.05, 0) is 0 Å². The fraction of sp³-hybridized carbons (Fsp3) is 0.500. The van der Waals surface area contributed by atoms with Gasteiger partial charge in [0.1, 0.15) is 11.8 Å². The van der Waals surface area contributed by atoms with Gasteiger partial charge in [-0.1, -0.05) is 0 Å². The van der Waals surface area contributed by atoms with E-state index in [1.165, 1.54) is 0 Å². The average molecular weight is 178 g/mol. The molecule has 6 heteroatoms. The first kappa shape index (κ1) is 7.60. The summed E-state index contributed by atoms with van der Waals surface area (Å²) in [4.78, 5) is 0. The van der Waals surface area contributed by atoms with Crippen molar-refractivity contribution in [2.24, 2.45) is 0 Å². The van der Waals surface area contributed by atoms with Crippen LogP contribution < -0.4 is 0 Å². The zero-order valence-electron chi connectivity index (χ0n) is 5.85. The smallest absolute Gasteiger partial charge is 0.368 e. The molecule has 0 bridgehead atoms. The van der Waals surface area contributed by atoms with Gasteiger partial charge in [-0.2, -0.15) is 18.3 Å². The Morgan fingerprint density at radius 1 is 1.58 bits per heavy atom. The Bertz CT molecular complexity index is 289. The van der Waals surface area contributed by atoms with Gasteiger partial charge in [0, 0.05) is 5.56 Å². The fourth-order valence-corrected chi connectivity index (χ4v) is 0.994. The predicted molar refractivity (Wildman–Crippen MR) is 32.3 cm³/mol. The number of rotatable bonds is 1. The molecular weight excluding hydrogens is 173 g/mol. The lowest BCUT2D eigenvalue weighted by molar-refractivity contribution is -0.142. The molecule has 1 saturated heterocycles. The lowest BCUT2D eigenvalue weighted by Gasteiger charge is -2.03. The molecule has 66 valence electrons. The van der Waals surface area contributed by atoms with Crippen molar-refractivity contribution in [2.45, 2.75) is 12.3 Å². The Morgan fingerprint density at radius 3 is 2.75 bits per heavy atom. The van der Waals surface area contributed by atoms with Crippen molar-refractivity contribution in [3.8, 4) is 0 Å². The number of halogens is 3. The van der Waals surface area contributed by atoms with E-state index >= 15 is 0 Å². The first-order valence-corrected chi connectivity index (χ1v) is 3.31. The monoisotopic (exact) mass is 178 g/mol. The summed E-state index contributed by atoms with van der Waals surface area (Å²) in [7, 11) is 0. The highest BCUT2D eigenvalue weighted by Crippen LogP contribution is 2.38. The lowest BCUT2D eigenvalue weighted by Crippen LogP contribution is -2.08. The first-order chi connectivity index (χ1) is 5.59. The van der Waals surface area contributed by atoms with E-state index < -0.39 is 18.0 Å². The van der Waals surface area contributed by atoms with E-state index in [0.717, 1.165) is 6.20 Å². The highest BCUT2D eigenvalue weighted by atomic mass is 19.4. The molecule has 2 rings (SSSR count). The van der Waals surface area contributed by atoms with E-state index in [-0.39, 0.29) is 5.56 Å². The van der Waals surface area contributed by atoms with Gasteiger partial charge in [0.25, 0.3) is 0 Å². The van der Waals surface area contributed by atoms with E-state index in [9.17, 15) is 13.2 Å². The van der Waals surface area contributed by atoms with Crippen LogP contribution in [0.5, 0.6) is 0 Å². The summed E-state index contributed by atoms with van der Waals surface area (Å²) in [6.07, 6.45) is -3.63. The van der Waals surface area contributed by atoms with Gasteiger partial charge in [0.15, 0.2) is 0 Å². The number of alkyl halides is 3. The quantitative estimate of drug-likeness (QED) is 0.662. The zero-order valence-corrected chi connectivity index (χ0v) is 5.85. The summed E-state index contributed by atoms with van der Waals surface area (Å²) in [6, 6.07) is 0. The standard InChI is InChI=1S/C6H5F3N2O/c7-6(8,9)5-3(1-10-11-5)4-2-12-4/h1,4H,2H2,(H,10,11). The molecule has 1 atom stereocenters. The number of epoxide rings is 1. The van der Waals surface area contributed by atoms with Crippen LogP contribution in [0.15, 0.2) is 6.20 Å². The van der Waals surface area contributed by atoms with Crippen molar-refractivity contribution >= 4 is 0 Å². The molecule has 0 radical (unpaired) electrons. The van der Waals surface area contributed by atoms with E-state index in [1.807, 2.05) is 5.10 Å². The topological polar surface area (TPSA) is 41.2 Å². The molecule has 0 aliphatic carbocycles. The van der Waals surface area contributed by atoms with Gasteiger partial charge >= 0.3 is 6.18 Å². The predicted octanol–water partition coefficient (Wildman–Crippen LogP) is 1.50. The van der Waals surface area contributed by atoms with Gasteiger partial charge < -0.3 is 4.74 Å². The Hall–Kier alpha value is -1.04. The van der Waals surface area contributed by atoms with Crippen molar-refractivity contribution in [1.29, 1.82) is 0 Å². The van der Waals surface area contributed by atoms with E-state index in [2.05, 4.69) is 5.10 Å². The third-order valence-corrected chi connectivity index (χ3v) is 1.63. The summed E-state index contributed by atoms with van der Waals surface area (Å²) in [5, 5.41) is 5.24. The van der Waals surface area contributed by atoms with Gasteiger partial charge in [0.05, 0.1) is 12.8 Å². The largest absolute Gasteiger partial charge is 0.433 e. The van der Waals surface area contributed by atoms with Crippen molar-refractivity contribution in [3.63, 3.8) is 0 Å². The van der Waals surface area contributed by atoms with Gasteiger partial charge in [-0.3, -0.25) is 5.10 Å². The molecule has 0 saturated carbocycles. The van der Waals surface area contributed by atoms with Crippen LogP contribution in [0.4, 0.5) is 13.2 Å². The maximum Gasteiger partial charge on any atom is 0.433 e. The maximum absolute atomic E-state index is 12.1. The number of aromatic amines is 1. The van der Waals surface area contributed by atoms with Gasteiger partial charge in [-0.25, -0.2) is 0 Å². The summed E-state index contributed by atoms with van der Waals surface area (Å²) >= 11 is 0. The highest BCUT2D eigenvalue weighted by molar-refractivity contribution is 5.24. The summed E-state index contributed by atoms with van der Waals surface area (Å²) in [5.74, 6) is 0. The second-order valence-corrected chi connectivity index (χ2v) is 2.52. The molecule has 1 aliphatic heterocycles. The second kappa shape index (κ2) is 2.22. The van der Waals surface area contributed by atoms with Crippen molar-refractivity contribution in [3.05, 3.63) is 17.5 Å². The van der Waals surface area contributed by atoms with Crippen LogP contribution >= 0.6 is 0 Å². The van der Waals surface area contributed by atoms with Crippen LogP contribution in [0.3, 0.4) is 0 Å². The zero-order chi connectivity index (χ0) is 8.77. The molecule has 0 aromatic carbocycles. The molecule has 0 amide bonds. The normalized spacial score (nSPS) is 22.8. The molecule has 12 heavy (non-hydrogen) atoms. The van der Waals surface area contributed by atoms with Crippen molar-refractivity contribution in [1.82, 2.24) is 10.2 Å². The molecule has 2 heterocycles. The molecule has 1 unspecified atom stereocenters. The van der Waals surface area contributed by atoms with Crippen molar-refractivity contribution < 1.29 is 17.9 Å². The van der Waals surface area contributed by atoms with Crippen LogP contribution in [0.2, 0.25) is 0 Å². The number of ether oxygens (including phenoxy) is 1. The molecule has 1 N–H and O–H groups in total. The minimum atomic E-state index is -4.36. The average Bonchev–Trinajstić information content (AvgIpc) is 2.65. The number of hydrogen-bond donors (Lipinski definition) is 1. The minimum Gasteiger partial charge on any atom is -0.368 e. The maximum atomic E-state index is 12.1. The van der Waals surface area contributed by atoms with Crippen molar-refractivity contribution in [2.75, 3.05) is 6.61 Å². The fourth-order valence-electron chi connectivity index (χ4n) is 0.994. The van der Waals surface area contributed by atoms with E-state index in [0.29, 0.717) is 6.61 Å². The number of nitrogens with zero attached hydrogens (tertiary/aromatic N) is 1. The highest BCUT2D eigenvalue weighted by Gasteiger charge is 2.40. The molecule has 1 aliphatic rings. The third kappa shape index (κ3) is 1.18. The Morgan fingerprint density at radius 2 is 2.25 bits per heavy atom. The van der Waals surface area contributed by atoms with Gasteiger partial charge in [0.2, 0.25) is 0 Å². The SMILES string of the molecule is FC(F)(F)c1[nH]ncc1C1CO1. The summed E-state index contributed by atoms with van der Waals surface area (Å²) in [5.41, 5.74) is -0.701. The van der Waals surface area contributed by atoms with Gasteiger partial charge in [-0.15, -0.1) is 0 Å². The Labute approximate surface area is 65.5 Å². The van der Waals surface area contributed by atoms with Crippen LogP contribution in [0.1, 0.15) is 17.4 Å². The van der Waals surface area contributed by atoms with Crippen LogP contribution in [-0.2, 0) is 10.9 Å².